The zero-order chi connectivity index (χ0) is 26.3. The van der Waals surface area contributed by atoms with E-state index in [0.29, 0.717) is 31.1 Å². The number of piperidine rings is 1. The first-order valence-corrected chi connectivity index (χ1v) is 12.4. The smallest absolute Gasteiger partial charge is 0.358 e. The van der Waals surface area contributed by atoms with Gasteiger partial charge in [0.2, 0.25) is 0 Å². The molecule has 37 heavy (non-hydrogen) atoms. The van der Waals surface area contributed by atoms with Crippen LogP contribution in [0.5, 0.6) is 5.75 Å². The summed E-state index contributed by atoms with van der Waals surface area (Å²) in [6.07, 6.45) is 1.80. The number of carboxylic acids is 1. The maximum absolute atomic E-state index is 15.1. The summed E-state index contributed by atoms with van der Waals surface area (Å²) in [5.41, 5.74) is 1.79. The average molecular weight is 524 g/mol. The molecule has 192 valence electrons. The van der Waals surface area contributed by atoms with Crippen LogP contribution in [0.15, 0.2) is 42.5 Å². The number of carbonyl (C=O) groups is 1. The van der Waals surface area contributed by atoms with Crippen molar-refractivity contribution < 1.29 is 19.0 Å². The van der Waals surface area contributed by atoms with Crippen LogP contribution in [0.2, 0.25) is 5.02 Å². The average Bonchev–Trinajstić information content (AvgIpc) is 3.22. The van der Waals surface area contributed by atoms with Crippen molar-refractivity contribution in [1.29, 1.82) is 0 Å². The highest BCUT2D eigenvalue weighted by Crippen LogP contribution is 2.36. The second-order valence-corrected chi connectivity index (χ2v) is 10.4. The van der Waals surface area contributed by atoms with E-state index >= 15 is 4.39 Å². The Morgan fingerprint density at radius 1 is 1.14 bits per heavy atom. The molecule has 1 N–H and O–H groups in total. The number of hydrogen-bond donors (Lipinski definition) is 1. The van der Waals surface area contributed by atoms with Crippen molar-refractivity contribution in [3.8, 4) is 17.0 Å². The molecule has 2 aromatic heterocycles. The number of aromatic nitrogens is 4. The third-order valence-corrected chi connectivity index (χ3v) is 7.16. The number of methoxy groups -OCH3 is 1. The summed E-state index contributed by atoms with van der Waals surface area (Å²) in [5.74, 6) is -0.836. The highest BCUT2D eigenvalue weighted by atomic mass is 35.5. The van der Waals surface area contributed by atoms with Crippen LogP contribution in [-0.4, -0.2) is 51.0 Å². The van der Waals surface area contributed by atoms with E-state index in [1.165, 1.54) is 6.07 Å². The summed E-state index contributed by atoms with van der Waals surface area (Å²) in [6.45, 7) is 6.04. The molecule has 1 saturated heterocycles. The molecule has 0 amide bonds. The molecule has 8 nitrogen and oxygen atoms in total. The molecule has 4 aromatic rings. The van der Waals surface area contributed by atoms with E-state index < -0.39 is 11.8 Å². The SMILES string of the molecule is COc1ccc(Cn2nc(-c3cccc(Cl)c3F)c3nc(C(=O)O)c(N4CCC(C)(C)CC4)nc32)cc1. The van der Waals surface area contributed by atoms with Crippen molar-refractivity contribution in [2.24, 2.45) is 5.41 Å². The Hall–Kier alpha value is -3.72. The zero-order valence-electron chi connectivity index (χ0n) is 20.8. The van der Waals surface area contributed by atoms with Gasteiger partial charge in [-0.3, -0.25) is 0 Å². The number of ether oxygens (including phenoxy) is 1. The van der Waals surface area contributed by atoms with Crippen LogP contribution in [0.25, 0.3) is 22.4 Å². The quantitative estimate of drug-likeness (QED) is 0.348. The monoisotopic (exact) mass is 523 g/mol. The third-order valence-electron chi connectivity index (χ3n) is 6.87. The Bertz CT molecular complexity index is 1480. The van der Waals surface area contributed by atoms with E-state index in [9.17, 15) is 9.90 Å². The Balaban J connectivity index is 1.69. The number of hydrogen-bond acceptors (Lipinski definition) is 6. The Kier molecular flexibility index (Phi) is 6.49. The van der Waals surface area contributed by atoms with Gasteiger partial charge >= 0.3 is 5.97 Å². The zero-order valence-corrected chi connectivity index (χ0v) is 21.6. The molecule has 2 aromatic carbocycles. The molecule has 0 aliphatic carbocycles. The lowest BCUT2D eigenvalue weighted by molar-refractivity contribution is 0.0691. The van der Waals surface area contributed by atoms with E-state index in [-0.39, 0.29) is 32.9 Å². The first kappa shape index (κ1) is 25.0. The van der Waals surface area contributed by atoms with Crippen LogP contribution in [-0.2, 0) is 6.54 Å². The van der Waals surface area contributed by atoms with Crippen LogP contribution in [0.3, 0.4) is 0 Å². The molecule has 1 aliphatic rings. The second kappa shape index (κ2) is 9.63. The Labute approximate surface area is 218 Å². The number of fused-ring (bicyclic) bond motifs is 1. The third kappa shape index (κ3) is 4.83. The van der Waals surface area contributed by atoms with Crippen molar-refractivity contribution in [2.75, 3.05) is 25.1 Å². The van der Waals surface area contributed by atoms with Crippen molar-refractivity contribution in [3.05, 3.63) is 64.6 Å². The lowest BCUT2D eigenvalue weighted by Gasteiger charge is -2.37. The van der Waals surface area contributed by atoms with Gasteiger partial charge in [0.15, 0.2) is 23.0 Å². The van der Waals surface area contributed by atoms with E-state index in [1.54, 1.807) is 23.9 Å². The molecule has 3 heterocycles. The fourth-order valence-corrected chi connectivity index (χ4v) is 4.72. The Morgan fingerprint density at radius 2 is 1.84 bits per heavy atom. The first-order chi connectivity index (χ1) is 17.7. The van der Waals surface area contributed by atoms with Crippen LogP contribution >= 0.6 is 11.6 Å². The fourth-order valence-electron chi connectivity index (χ4n) is 4.54. The van der Waals surface area contributed by atoms with Crippen LogP contribution < -0.4 is 9.64 Å². The number of anilines is 1. The minimum absolute atomic E-state index is 0.0608. The maximum Gasteiger partial charge on any atom is 0.358 e. The van der Waals surface area contributed by atoms with Crippen molar-refractivity contribution in [3.63, 3.8) is 0 Å². The summed E-state index contributed by atoms with van der Waals surface area (Å²) in [6, 6.07) is 12.1. The van der Waals surface area contributed by atoms with Gasteiger partial charge in [0.25, 0.3) is 0 Å². The van der Waals surface area contributed by atoms with Gasteiger partial charge in [-0.1, -0.05) is 43.6 Å². The van der Waals surface area contributed by atoms with Gasteiger partial charge in [-0.2, -0.15) is 5.10 Å². The minimum atomic E-state index is -1.20. The van der Waals surface area contributed by atoms with Gasteiger partial charge in [-0.15, -0.1) is 0 Å². The highest BCUT2D eigenvalue weighted by Gasteiger charge is 2.31. The van der Waals surface area contributed by atoms with Gasteiger partial charge in [-0.25, -0.2) is 23.8 Å². The topological polar surface area (TPSA) is 93.4 Å². The molecular formula is C27H27ClFN5O3. The second-order valence-electron chi connectivity index (χ2n) is 9.98. The molecule has 5 rings (SSSR count). The van der Waals surface area contributed by atoms with Crippen molar-refractivity contribution in [2.45, 2.75) is 33.2 Å². The fraction of sp³-hybridized carbons (Fsp3) is 0.333. The highest BCUT2D eigenvalue weighted by molar-refractivity contribution is 6.31. The van der Waals surface area contributed by atoms with E-state index in [0.717, 1.165) is 24.2 Å². The number of aromatic carboxylic acids is 1. The van der Waals surface area contributed by atoms with E-state index in [1.807, 2.05) is 29.2 Å². The lowest BCUT2D eigenvalue weighted by atomic mass is 9.82. The molecule has 0 saturated carbocycles. The van der Waals surface area contributed by atoms with Crippen LogP contribution in [0.1, 0.15) is 42.7 Å². The number of nitrogens with zero attached hydrogens (tertiary/aromatic N) is 5. The molecule has 10 heteroatoms. The van der Waals surface area contributed by atoms with Gasteiger partial charge in [-0.05, 0) is 48.1 Å². The lowest BCUT2D eigenvalue weighted by Crippen LogP contribution is -2.38. The normalized spacial score (nSPS) is 15.2. The maximum atomic E-state index is 15.1. The summed E-state index contributed by atoms with van der Waals surface area (Å²) < 4.78 is 21.9. The molecule has 0 spiro atoms. The van der Waals surface area contributed by atoms with Gasteiger partial charge in [0, 0.05) is 18.7 Å². The number of carboxylic acid groups (broad SMARTS) is 1. The van der Waals surface area contributed by atoms with Crippen molar-refractivity contribution in [1.82, 2.24) is 19.7 Å². The number of benzene rings is 2. The van der Waals surface area contributed by atoms with E-state index in [4.69, 9.17) is 21.3 Å². The first-order valence-electron chi connectivity index (χ1n) is 12.0. The summed E-state index contributed by atoms with van der Waals surface area (Å²) >= 11 is 6.05. The number of halogens is 2. The molecule has 1 fully saturated rings. The summed E-state index contributed by atoms with van der Waals surface area (Å²) in [7, 11) is 1.60. The molecule has 0 bridgehead atoms. The minimum Gasteiger partial charge on any atom is -0.497 e. The van der Waals surface area contributed by atoms with Crippen LogP contribution in [0.4, 0.5) is 10.2 Å². The standard InChI is InChI=1S/C27H27ClFN5O3/c1-27(2)11-13-33(14-12-27)24-23(26(35)36)30-22-21(18-5-4-6-19(28)20(18)29)32-34(25(22)31-24)15-16-7-9-17(37-3)10-8-16/h4-10H,11-15H2,1-3H3,(H,35,36). The summed E-state index contributed by atoms with van der Waals surface area (Å²) in [4.78, 5) is 23.6. The Morgan fingerprint density at radius 3 is 2.49 bits per heavy atom. The molecular weight excluding hydrogens is 497 g/mol. The van der Waals surface area contributed by atoms with Gasteiger partial charge in [0.05, 0.1) is 18.7 Å². The molecule has 0 radical (unpaired) electrons. The molecule has 0 atom stereocenters. The predicted molar refractivity (Wildman–Crippen MR) is 140 cm³/mol. The molecule has 0 unspecified atom stereocenters. The largest absolute Gasteiger partial charge is 0.497 e. The van der Waals surface area contributed by atoms with Gasteiger partial charge in [0.1, 0.15) is 17.0 Å². The van der Waals surface area contributed by atoms with Crippen molar-refractivity contribution >= 4 is 34.6 Å². The van der Waals surface area contributed by atoms with Gasteiger partial charge < -0.3 is 14.7 Å². The predicted octanol–water partition coefficient (Wildman–Crippen LogP) is 5.67. The number of rotatable bonds is 6. The van der Waals surface area contributed by atoms with Crippen LogP contribution in [0, 0.1) is 11.2 Å². The molecule has 1 aliphatic heterocycles. The van der Waals surface area contributed by atoms with E-state index in [2.05, 4.69) is 23.9 Å². The summed E-state index contributed by atoms with van der Waals surface area (Å²) in [5, 5.41) is 14.6.